The highest BCUT2D eigenvalue weighted by atomic mass is 16.4. The van der Waals surface area contributed by atoms with E-state index in [0.29, 0.717) is 6.54 Å². The number of carboxylic acids is 1. The highest BCUT2D eigenvalue weighted by Gasteiger charge is 2.06. The number of hydrogen-bond acceptors (Lipinski definition) is 3. The highest BCUT2D eigenvalue weighted by Crippen LogP contribution is 2.01. The van der Waals surface area contributed by atoms with Crippen molar-refractivity contribution < 1.29 is 9.90 Å². The minimum absolute atomic E-state index is 0.0434. The zero-order valence-electron chi connectivity index (χ0n) is 9.02. The molecular weight excluding hydrogens is 218 g/mol. The largest absolute Gasteiger partial charge is 0.476 e. The van der Waals surface area contributed by atoms with Gasteiger partial charge in [0.25, 0.3) is 0 Å². The Morgan fingerprint density at radius 2 is 2.12 bits per heavy atom. The third-order valence-electron chi connectivity index (χ3n) is 2.16. The van der Waals surface area contributed by atoms with Crippen LogP contribution in [0, 0.1) is 0 Å². The summed E-state index contributed by atoms with van der Waals surface area (Å²) in [6, 6.07) is 9.84. The van der Waals surface area contributed by atoms with E-state index in [4.69, 9.17) is 5.11 Å². The van der Waals surface area contributed by atoms with Gasteiger partial charge in [-0.1, -0.05) is 47.7 Å². The average molecular weight is 229 g/mol. The van der Waals surface area contributed by atoms with Crippen molar-refractivity contribution in [2.75, 3.05) is 0 Å². The molecule has 1 aromatic carbocycles. The van der Waals surface area contributed by atoms with Gasteiger partial charge in [0.2, 0.25) is 0 Å². The van der Waals surface area contributed by atoms with Gasteiger partial charge in [-0.25, -0.2) is 9.48 Å². The molecule has 0 aliphatic rings. The molecule has 2 aromatic rings. The van der Waals surface area contributed by atoms with E-state index in [-0.39, 0.29) is 5.69 Å². The number of allylic oxidation sites excluding steroid dienone is 1. The van der Waals surface area contributed by atoms with Crippen molar-refractivity contribution in [1.29, 1.82) is 0 Å². The minimum atomic E-state index is -1.07. The summed E-state index contributed by atoms with van der Waals surface area (Å²) in [5, 5.41) is 15.9. The van der Waals surface area contributed by atoms with E-state index in [1.807, 2.05) is 42.5 Å². The molecule has 5 nitrogen and oxygen atoms in total. The van der Waals surface area contributed by atoms with Crippen LogP contribution in [0.3, 0.4) is 0 Å². The van der Waals surface area contributed by atoms with Gasteiger partial charge in [0.1, 0.15) is 0 Å². The van der Waals surface area contributed by atoms with Crippen LogP contribution in [0.1, 0.15) is 16.1 Å². The summed E-state index contributed by atoms with van der Waals surface area (Å²) in [5.74, 6) is -1.07. The molecule has 0 atom stereocenters. The maximum absolute atomic E-state index is 10.6. The molecule has 1 heterocycles. The van der Waals surface area contributed by atoms with E-state index in [1.54, 1.807) is 0 Å². The molecule has 17 heavy (non-hydrogen) atoms. The van der Waals surface area contributed by atoms with Gasteiger partial charge in [-0.05, 0) is 5.56 Å². The van der Waals surface area contributed by atoms with E-state index in [9.17, 15) is 4.79 Å². The van der Waals surface area contributed by atoms with Gasteiger partial charge in [0.05, 0.1) is 12.7 Å². The molecular formula is C12H11N3O2. The molecule has 86 valence electrons. The van der Waals surface area contributed by atoms with Gasteiger partial charge >= 0.3 is 5.97 Å². The van der Waals surface area contributed by atoms with E-state index in [0.717, 1.165) is 5.56 Å². The molecule has 0 fully saturated rings. The van der Waals surface area contributed by atoms with Crippen LogP contribution in [0.2, 0.25) is 0 Å². The predicted molar refractivity (Wildman–Crippen MR) is 62.5 cm³/mol. The number of benzene rings is 1. The molecule has 0 saturated carbocycles. The average Bonchev–Trinajstić information content (AvgIpc) is 2.79. The fourth-order valence-corrected chi connectivity index (χ4v) is 1.35. The Morgan fingerprint density at radius 1 is 1.35 bits per heavy atom. The topological polar surface area (TPSA) is 68.0 Å². The van der Waals surface area contributed by atoms with Crippen LogP contribution in [-0.2, 0) is 6.54 Å². The van der Waals surface area contributed by atoms with Crippen molar-refractivity contribution in [2.24, 2.45) is 0 Å². The normalized spacial score (nSPS) is 10.8. The smallest absolute Gasteiger partial charge is 0.358 e. The van der Waals surface area contributed by atoms with Crippen molar-refractivity contribution in [2.45, 2.75) is 6.54 Å². The van der Waals surface area contributed by atoms with Crippen molar-refractivity contribution in [3.8, 4) is 0 Å². The summed E-state index contributed by atoms with van der Waals surface area (Å²) < 4.78 is 1.48. The Labute approximate surface area is 98.0 Å². The predicted octanol–water partition coefficient (Wildman–Crippen LogP) is 1.69. The van der Waals surface area contributed by atoms with Crippen LogP contribution in [0.5, 0.6) is 0 Å². The number of carboxylic acid groups (broad SMARTS) is 1. The maximum Gasteiger partial charge on any atom is 0.358 e. The van der Waals surface area contributed by atoms with Crippen molar-refractivity contribution in [3.05, 3.63) is 53.9 Å². The van der Waals surface area contributed by atoms with Gasteiger partial charge in [-0.3, -0.25) is 0 Å². The van der Waals surface area contributed by atoms with Crippen LogP contribution >= 0.6 is 0 Å². The van der Waals surface area contributed by atoms with Crippen LogP contribution < -0.4 is 0 Å². The van der Waals surface area contributed by atoms with Crippen LogP contribution in [-0.4, -0.2) is 26.1 Å². The van der Waals surface area contributed by atoms with Crippen LogP contribution in [0.4, 0.5) is 0 Å². The SMILES string of the molecule is O=C(O)c1cn(C/C=C/c2ccccc2)nn1. The maximum atomic E-state index is 10.6. The summed E-state index contributed by atoms with van der Waals surface area (Å²) in [6.07, 6.45) is 5.25. The summed E-state index contributed by atoms with van der Waals surface area (Å²) in [6.45, 7) is 0.495. The van der Waals surface area contributed by atoms with Crippen LogP contribution in [0.15, 0.2) is 42.6 Å². The van der Waals surface area contributed by atoms with Gasteiger partial charge in [0.15, 0.2) is 5.69 Å². The lowest BCUT2D eigenvalue weighted by Crippen LogP contribution is -1.96. The van der Waals surface area contributed by atoms with Crippen molar-refractivity contribution in [1.82, 2.24) is 15.0 Å². The third kappa shape index (κ3) is 3.01. The molecule has 1 aromatic heterocycles. The Kier molecular flexibility index (Phi) is 3.30. The number of aromatic carboxylic acids is 1. The van der Waals surface area contributed by atoms with Gasteiger partial charge in [-0.2, -0.15) is 0 Å². The van der Waals surface area contributed by atoms with Crippen LogP contribution in [0.25, 0.3) is 6.08 Å². The molecule has 1 N–H and O–H groups in total. The fraction of sp³-hybridized carbons (Fsp3) is 0.0833. The zero-order chi connectivity index (χ0) is 12.1. The molecule has 0 spiro atoms. The van der Waals surface area contributed by atoms with E-state index in [1.165, 1.54) is 10.9 Å². The van der Waals surface area contributed by atoms with Crippen molar-refractivity contribution in [3.63, 3.8) is 0 Å². The third-order valence-corrected chi connectivity index (χ3v) is 2.16. The number of hydrogen-bond donors (Lipinski definition) is 1. The summed E-state index contributed by atoms with van der Waals surface area (Å²) in [7, 11) is 0. The molecule has 0 amide bonds. The second kappa shape index (κ2) is 5.07. The van der Waals surface area contributed by atoms with E-state index in [2.05, 4.69) is 10.3 Å². The molecule has 0 aliphatic carbocycles. The molecule has 5 heteroatoms. The number of nitrogens with zero attached hydrogens (tertiary/aromatic N) is 3. The monoisotopic (exact) mass is 229 g/mol. The van der Waals surface area contributed by atoms with Gasteiger partial charge < -0.3 is 5.11 Å². The Bertz CT molecular complexity index is 532. The van der Waals surface area contributed by atoms with E-state index >= 15 is 0 Å². The second-order valence-electron chi connectivity index (χ2n) is 3.44. The number of aromatic nitrogens is 3. The Hall–Kier alpha value is -2.43. The highest BCUT2D eigenvalue weighted by molar-refractivity contribution is 5.84. The first kappa shape index (κ1) is 11.1. The molecule has 0 aliphatic heterocycles. The standard InChI is InChI=1S/C12H11N3O2/c16-12(17)11-9-15(14-13-11)8-4-7-10-5-2-1-3-6-10/h1-7,9H,8H2,(H,16,17)/b7-4+. The summed E-state index contributed by atoms with van der Waals surface area (Å²) in [4.78, 5) is 10.6. The molecule has 0 radical (unpaired) electrons. The quantitative estimate of drug-likeness (QED) is 0.866. The summed E-state index contributed by atoms with van der Waals surface area (Å²) >= 11 is 0. The van der Waals surface area contributed by atoms with Gasteiger partial charge in [0, 0.05) is 0 Å². The lowest BCUT2D eigenvalue weighted by molar-refractivity contribution is 0.0690. The Morgan fingerprint density at radius 3 is 2.76 bits per heavy atom. The first-order chi connectivity index (χ1) is 8.25. The number of carbonyl (C=O) groups is 1. The molecule has 2 rings (SSSR count). The molecule has 0 unspecified atom stereocenters. The fourth-order valence-electron chi connectivity index (χ4n) is 1.35. The van der Waals surface area contributed by atoms with Gasteiger partial charge in [-0.15, -0.1) is 5.10 Å². The lowest BCUT2D eigenvalue weighted by atomic mass is 10.2. The first-order valence-electron chi connectivity index (χ1n) is 5.11. The zero-order valence-corrected chi connectivity index (χ0v) is 9.02. The molecule has 0 saturated heterocycles. The lowest BCUT2D eigenvalue weighted by Gasteiger charge is -1.93. The van der Waals surface area contributed by atoms with Crippen molar-refractivity contribution >= 4 is 12.0 Å². The second-order valence-corrected chi connectivity index (χ2v) is 3.44. The summed E-state index contributed by atoms with van der Waals surface area (Å²) in [5.41, 5.74) is 1.05. The Balaban J connectivity index is 1.98. The van der Waals surface area contributed by atoms with E-state index < -0.39 is 5.97 Å². The minimum Gasteiger partial charge on any atom is -0.476 e. The number of rotatable bonds is 4. The molecule has 0 bridgehead atoms. The first-order valence-corrected chi connectivity index (χ1v) is 5.11.